The molecule has 0 aromatic carbocycles. The van der Waals surface area contributed by atoms with E-state index in [1.165, 1.54) is 4.90 Å². The van der Waals surface area contributed by atoms with E-state index in [-0.39, 0.29) is 6.54 Å². The van der Waals surface area contributed by atoms with Crippen LogP contribution in [-0.4, -0.2) is 31.1 Å². The molecule has 2 rings (SSSR count). The average Bonchev–Trinajstić information content (AvgIpc) is 2.46. The van der Waals surface area contributed by atoms with Gasteiger partial charge in [-0.05, 0) is 41.1 Å². The molecule has 2 aromatic heterocycles. The van der Waals surface area contributed by atoms with Crippen molar-refractivity contribution in [2.45, 2.75) is 19.5 Å². The van der Waals surface area contributed by atoms with Gasteiger partial charge in [0.2, 0.25) is 0 Å². The number of halogens is 1. The van der Waals surface area contributed by atoms with E-state index in [0.29, 0.717) is 11.5 Å². The molecule has 1 unspecified atom stereocenters. The van der Waals surface area contributed by atoms with E-state index in [2.05, 4.69) is 30.9 Å². The van der Waals surface area contributed by atoms with E-state index >= 15 is 0 Å². The van der Waals surface area contributed by atoms with Gasteiger partial charge in [0, 0.05) is 23.1 Å². The third-order valence-corrected chi connectivity index (χ3v) is 3.26. The van der Waals surface area contributed by atoms with Crippen LogP contribution in [0.25, 0.3) is 0 Å². The Bertz CT molecular complexity index is 577. The lowest BCUT2D eigenvalue weighted by Crippen LogP contribution is -2.33. The second-order valence-electron chi connectivity index (χ2n) is 4.16. The molecule has 1 atom stereocenters. The molecule has 0 spiro atoms. The van der Waals surface area contributed by atoms with E-state index in [1.54, 1.807) is 37.6 Å². The molecule has 0 fully saturated rings. The average molecular weight is 337 g/mol. The first-order valence-corrected chi connectivity index (χ1v) is 6.74. The maximum Gasteiger partial charge on any atom is 0.408 e. The number of carbonyl (C=O) groups is 1. The Balaban J connectivity index is 2.19. The first kappa shape index (κ1) is 14.4. The maximum atomic E-state index is 11.4. The highest BCUT2D eigenvalue weighted by Crippen LogP contribution is 2.19. The number of amides is 1. The molecule has 2 heterocycles. The molecule has 0 saturated carbocycles. The molecular weight excluding hydrogens is 324 g/mol. The fraction of sp³-hybridized carbons (Fsp3) is 0.231. The molecule has 0 bridgehead atoms. The molecule has 0 radical (unpaired) electrons. The molecule has 6 nitrogen and oxygen atoms in total. The zero-order valence-corrected chi connectivity index (χ0v) is 12.4. The van der Waals surface area contributed by atoms with Crippen molar-refractivity contribution in [3.8, 4) is 0 Å². The van der Waals surface area contributed by atoms with Crippen LogP contribution in [0, 0.1) is 0 Å². The van der Waals surface area contributed by atoms with Crippen molar-refractivity contribution in [3.05, 3.63) is 52.8 Å². The van der Waals surface area contributed by atoms with E-state index in [4.69, 9.17) is 0 Å². The Kier molecular flexibility index (Phi) is 4.62. The highest BCUT2D eigenvalue weighted by Gasteiger charge is 2.23. The van der Waals surface area contributed by atoms with Crippen LogP contribution < -0.4 is 0 Å². The number of hydrogen-bond acceptors (Lipinski definition) is 4. The van der Waals surface area contributed by atoms with Crippen LogP contribution in [0.1, 0.15) is 24.5 Å². The van der Waals surface area contributed by atoms with Gasteiger partial charge in [-0.2, -0.15) is 0 Å². The lowest BCUT2D eigenvalue weighted by Gasteiger charge is -2.24. The molecule has 20 heavy (non-hydrogen) atoms. The van der Waals surface area contributed by atoms with Gasteiger partial charge in [-0.1, -0.05) is 0 Å². The number of carboxylic acid groups (broad SMARTS) is 1. The van der Waals surface area contributed by atoms with Gasteiger partial charge in [0.05, 0.1) is 18.3 Å². The van der Waals surface area contributed by atoms with Crippen LogP contribution in [0.5, 0.6) is 0 Å². The van der Waals surface area contributed by atoms with Gasteiger partial charge in [0.15, 0.2) is 5.82 Å². The summed E-state index contributed by atoms with van der Waals surface area (Å²) >= 11 is 3.29. The Labute approximate surface area is 124 Å². The van der Waals surface area contributed by atoms with Gasteiger partial charge >= 0.3 is 6.09 Å². The topological polar surface area (TPSA) is 79.2 Å². The number of nitrogens with zero attached hydrogens (tertiary/aromatic N) is 4. The van der Waals surface area contributed by atoms with Crippen molar-refractivity contribution in [1.82, 2.24) is 19.9 Å². The normalized spacial score (nSPS) is 11.9. The predicted molar refractivity (Wildman–Crippen MR) is 76.0 cm³/mol. The van der Waals surface area contributed by atoms with E-state index in [9.17, 15) is 9.90 Å². The van der Waals surface area contributed by atoms with Crippen LogP contribution in [0.3, 0.4) is 0 Å². The number of aromatic nitrogens is 3. The summed E-state index contributed by atoms with van der Waals surface area (Å²) in [7, 11) is 0. The summed E-state index contributed by atoms with van der Waals surface area (Å²) in [6.07, 6.45) is 3.79. The summed E-state index contributed by atoms with van der Waals surface area (Å²) in [6, 6.07) is 4.85. The van der Waals surface area contributed by atoms with Crippen molar-refractivity contribution in [3.63, 3.8) is 0 Å². The molecule has 0 aliphatic heterocycles. The van der Waals surface area contributed by atoms with Crippen molar-refractivity contribution in [1.29, 1.82) is 0 Å². The Morgan fingerprint density at radius 3 is 2.60 bits per heavy atom. The zero-order valence-electron chi connectivity index (χ0n) is 10.8. The standard InChI is InChI=1S/C13H13BrN4O2/c1-9(12-15-5-2-6-16-12)18(13(19)20)8-11-4-3-10(14)7-17-11/h2-7,9H,8H2,1H3,(H,19,20). The minimum atomic E-state index is -1.03. The van der Waals surface area contributed by atoms with Crippen LogP contribution in [0.2, 0.25) is 0 Å². The molecule has 104 valence electrons. The van der Waals surface area contributed by atoms with Crippen molar-refractivity contribution in [2.75, 3.05) is 0 Å². The SMILES string of the molecule is CC(c1ncccn1)N(Cc1ccc(Br)cn1)C(=O)O. The smallest absolute Gasteiger partial charge is 0.408 e. The lowest BCUT2D eigenvalue weighted by atomic mass is 10.2. The largest absolute Gasteiger partial charge is 0.465 e. The van der Waals surface area contributed by atoms with E-state index in [0.717, 1.165) is 4.47 Å². The minimum absolute atomic E-state index is 0.183. The minimum Gasteiger partial charge on any atom is -0.465 e. The van der Waals surface area contributed by atoms with Gasteiger partial charge in [-0.25, -0.2) is 14.8 Å². The molecule has 0 aliphatic rings. The van der Waals surface area contributed by atoms with E-state index in [1.807, 2.05) is 6.07 Å². The molecule has 1 N–H and O–H groups in total. The summed E-state index contributed by atoms with van der Waals surface area (Å²) in [5.74, 6) is 0.465. The second-order valence-corrected chi connectivity index (χ2v) is 5.08. The summed E-state index contributed by atoms with van der Waals surface area (Å²) in [6.45, 7) is 1.93. The summed E-state index contributed by atoms with van der Waals surface area (Å²) < 4.78 is 0.850. The number of rotatable bonds is 4. The molecule has 1 amide bonds. The van der Waals surface area contributed by atoms with Gasteiger partial charge in [0.1, 0.15) is 0 Å². The lowest BCUT2D eigenvalue weighted by molar-refractivity contribution is 0.121. The molecule has 0 aliphatic carbocycles. The Morgan fingerprint density at radius 2 is 2.05 bits per heavy atom. The quantitative estimate of drug-likeness (QED) is 0.928. The molecular formula is C13H13BrN4O2. The maximum absolute atomic E-state index is 11.4. The van der Waals surface area contributed by atoms with Crippen LogP contribution in [0.15, 0.2) is 41.3 Å². The Morgan fingerprint density at radius 1 is 1.35 bits per heavy atom. The predicted octanol–water partition coefficient (Wildman–Crippen LogP) is 2.88. The van der Waals surface area contributed by atoms with Gasteiger partial charge in [-0.3, -0.25) is 9.88 Å². The molecule has 0 saturated heterocycles. The zero-order chi connectivity index (χ0) is 14.5. The molecule has 7 heteroatoms. The summed E-state index contributed by atoms with van der Waals surface area (Å²) in [5, 5.41) is 9.35. The number of pyridine rings is 1. The number of hydrogen-bond donors (Lipinski definition) is 1. The first-order valence-electron chi connectivity index (χ1n) is 5.95. The van der Waals surface area contributed by atoms with Crippen molar-refractivity contribution >= 4 is 22.0 Å². The van der Waals surface area contributed by atoms with Crippen molar-refractivity contribution in [2.24, 2.45) is 0 Å². The fourth-order valence-corrected chi connectivity index (χ4v) is 1.95. The van der Waals surface area contributed by atoms with Gasteiger partial charge in [0.25, 0.3) is 0 Å². The van der Waals surface area contributed by atoms with Crippen LogP contribution in [-0.2, 0) is 6.54 Å². The van der Waals surface area contributed by atoms with Crippen molar-refractivity contribution < 1.29 is 9.90 Å². The Hall–Kier alpha value is -2.02. The van der Waals surface area contributed by atoms with Gasteiger partial charge < -0.3 is 5.11 Å². The van der Waals surface area contributed by atoms with Crippen LogP contribution >= 0.6 is 15.9 Å². The highest BCUT2D eigenvalue weighted by atomic mass is 79.9. The van der Waals surface area contributed by atoms with Gasteiger partial charge in [-0.15, -0.1) is 0 Å². The third-order valence-electron chi connectivity index (χ3n) is 2.79. The molecule has 2 aromatic rings. The second kappa shape index (κ2) is 6.42. The summed E-state index contributed by atoms with van der Waals surface area (Å²) in [5.41, 5.74) is 0.665. The first-order chi connectivity index (χ1) is 9.58. The highest BCUT2D eigenvalue weighted by molar-refractivity contribution is 9.10. The van der Waals surface area contributed by atoms with E-state index < -0.39 is 12.1 Å². The monoisotopic (exact) mass is 336 g/mol. The van der Waals surface area contributed by atoms with Crippen LogP contribution in [0.4, 0.5) is 4.79 Å². The third kappa shape index (κ3) is 3.51. The fourth-order valence-electron chi connectivity index (χ4n) is 1.71. The summed E-state index contributed by atoms with van der Waals surface area (Å²) in [4.78, 5) is 25.0.